The van der Waals surface area contributed by atoms with Crippen LogP contribution in [0.2, 0.25) is 0 Å². The number of hydrogen-bond acceptors (Lipinski definition) is 4. The van der Waals surface area contributed by atoms with E-state index in [1.807, 2.05) is 20.8 Å². The smallest absolute Gasteiger partial charge is 0.410 e. The highest BCUT2D eigenvalue weighted by Gasteiger charge is 2.49. The Kier molecular flexibility index (Phi) is 5.03. The van der Waals surface area contributed by atoms with Crippen molar-refractivity contribution in [2.75, 3.05) is 20.2 Å². The van der Waals surface area contributed by atoms with E-state index in [0.29, 0.717) is 31.8 Å². The Morgan fingerprint density at radius 2 is 1.64 bits per heavy atom. The molecule has 0 bridgehead atoms. The quantitative estimate of drug-likeness (QED) is 0.734. The molecule has 1 aliphatic heterocycles. The minimum Gasteiger partial charge on any atom is -0.469 e. The van der Waals surface area contributed by atoms with Crippen LogP contribution in [0, 0.1) is 11.3 Å². The number of ether oxygens (including phenoxy) is 2. The lowest BCUT2D eigenvalue weighted by molar-refractivity contribution is -0.160. The van der Waals surface area contributed by atoms with Gasteiger partial charge >= 0.3 is 12.1 Å². The summed E-state index contributed by atoms with van der Waals surface area (Å²) in [5, 5.41) is 0. The summed E-state index contributed by atoms with van der Waals surface area (Å²) in [5.41, 5.74) is -0.886. The zero-order chi connectivity index (χ0) is 16.4. The summed E-state index contributed by atoms with van der Waals surface area (Å²) in [4.78, 5) is 26.3. The van der Waals surface area contributed by atoms with Gasteiger partial charge in [0.05, 0.1) is 12.5 Å². The zero-order valence-electron chi connectivity index (χ0n) is 14.3. The SMILES string of the molecule is COC(=O)C1(C2CCCC2)CCN(C(=O)OC(C)(C)C)CC1. The minimum absolute atomic E-state index is 0.0942. The molecule has 1 saturated carbocycles. The van der Waals surface area contributed by atoms with Crippen LogP contribution in [0.1, 0.15) is 59.3 Å². The van der Waals surface area contributed by atoms with Gasteiger partial charge in [-0.15, -0.1) is 0 Å². The summed E-state index contributed by atoms with van der Waals surface area (Å²) in [6.07, 6.45) is 5.67. The van der Waals surface area contributed by atoms with Gasteiger partial charge in [0.15, 0.2) is 0 Å². The second kappa shape index (κ2) is 6.47. The molecule has 1 heterocycles. The molecule has 0 aromatic carbocycles. The molecule has 126 valence electrons. The molecule has 1 saturated heterocycles. The first kappa shape index (κ1) is 17.1. The van der Waals surface area contributed by atoms with E-state index >= 15 is 0 Å². The molecule has 0 aromatic heterocycles. The molecule has 5 heteroatoms. The van der Waals surface area contributed by atoms with Gasteiger partial charge in [0.25, 0.3) is 0 Å². The van der Waals surface area contributed by atoms with E-state index in [1.54, 1.807) is 4.90 Å². The number of esters is 1. The van der Waals surface area contributed by atoms with Crippen molar-refractivity contribution in [2.45, 2.75) is 64.9 Å². The van der Waals surface area contributed by atoms with Crippen LogP contribution >= 0.6 is 0 Å². The average Bonchev–Trinajstić information content (AvgIpc) is 2.99. The molecule has 0 unspecified atom stereocenters. The van der Waals surface area contributed by atoms with Crippen LogP contribution in [0.3, 0.4) is 0 Å². The minimum atomic E-state index is -0.487. The Labute approximate surface area is 133 Å². The Hall–Kier alpha value is -1.26. The number of carbonyl (C=O) groups is 2. The fourth-order valence-corrected chi connectivity index (χ4v) is 3.88. The Morgan fingerprint density at radius 1 is 1.09 bits per heavy atom. The third-order valence-electron chi connectivity index (χ3n) is 5.04. The number of amides is 1. The molecule has 2 fully saturated rings. The second-order valence-electron chi connectivity index (χ2n) is 7.60. The molecule has 5 nitrogen and oxygen atoms in total. The van der Waals surface area contributed by atoms with Crippen LogP contribution in [0.15, 0.2) is 0 Å². The highest BCUT2D eigenvalue weighted by Crippen LogP contribution is 2.47. The zero-order valence-corrected chi connectivity index (χ0v) is 14.3. The topological polar surface area (TPSA) is 55.8 Å². The van der Waals surface area contributed by atoms with E-state index in [4.69, 9.17) is 9.47 Å². The predicted octanol–water partition coefficient (Wildman–Crippen LogP) is 3.37. The lowest BCUT2D eigenvalue weighted by Gasteiger charge is -2.43. The number of piperidine rings is 1. The van der Waals surface area contributed by atoms with Gasteiger partial charge in [0, 0.05) is 13.1 Å². The van der Waals surface area contributed by atoms with Gasteiger partial charge in [-0.05, 0) is 52.4 Å². The molecule has 22 heavy (non-hydrogen) atoms. The maximum Gasteiger partial charge on any atom is 0.410 e. The highest BCUT2D eigenvalue weighted by atomic mass is 16.6. The molecule has 2 aliphatic rings. The number of rotatable bonds is 2. The summed E-state index contributed by atoms with van der Waals surface area (Å²) in [6, 6.07) is 0. The van der Waals surface area contributed by atoms with Gasteiger partial charge in [0.2, 0.25) is 0 Å². The van der Waals surface area contributed by atoms with Crippen molar-refractivity contribution >= 4 is 12.1 Å². The van der Waals surface area contributed by atoms with E-state index in [-0.39, 0.29) is 12.1 Å². The fraction of sp³-hybridized carbons (Fsp3) is 0.882. The van der Waals surface area contributed by atoms with Crippen LogP contribution in [-0.2, 0) is 14.3 Å². The van der Waals surface area contributed by atoms with Gasteiger partial charge in [-0.2, -0.15) is 0 Å². The first-order valence-electron chi connectivity index (χ1n) is 8.35. The molecule has 0 spiro atoms. The van der Waals surface area contributed by atoms with Crippen molar-refractivity contribution in [3.8, 4) is 0 Å². The normalized spacial score (nSPS) is 22.5. The van der Waals surface area contributed by atoms with E-state index in [1.165, 1.54) is 20.0 Å². The number of nitrogens with zero attached hydrogens (tertiary/aromatic N) is 1. The number of carbonyl (C=O) groups excluding carboxylic acids is 2. The van der Waals surface area contributed by atoms with E-state index in [9.17, 15) is 9.59 Å². The summed E-state index contributed by atoms with van der Waals surface area (Å²) in [5.74, 6) is 0.309. The van der Waals surface area contributed by atoms with E-state index in [2.05, 4.69) is 0 Å². The summed E-state index contributed by atoms with van der Waals surface area (Å²) in [6.45, 7) is 6.74. The fourth-order valence-electron chi connectivity index (χ4n) is 3.88. The van der Waals surface area contributed by atoms with Crippen LogP contribution in [0.25, 0.3) is 0 Å². The lowest BCUT2D eigenvalue weighted by Crippen LogP contribution is -2.50. The van der Waals surface area contributed by atoms with Gasteiger partial charge in [-0.25, -0.2) is 4.79 Å². The van der Waals surface area contributed by atoms with Crippen molar-refractivity contribution < 1.29 is 19.1 Å². The first-order chi connectivity index (χ1) is 10.3. The number of likely N-dealkylation sites (tertiary alicyclic amines) is 1. The van der Waals surface area contributed by atoms with Gasteiger partial charge in [-0.1, -0.05) is 12.8 Å². The van der Waals surface area contributed by atoms with E-state index < -0.39 is 11.0 Å². The predicted molar refractivity (Wildman–Crippen MR) is 83.4 cm³/mol. The highest BCUT2D eigenvalue weighted by molar-refractivity contribution is 5.78. The second-order valence-corrected chi connectivity index (χ2v) is 7.60. The maximum atomic E-state index is 12.4. The number of hydrogen-bond donors (Lipinski definition) is 0. The molecule has 0 atom stereocenters. The molecule has 0 aromatic rings. The summed E-state index contributed by atoms with van der Waals surface area (Å²) < 4.78 is 10.5. The van der Waals surface area contributed by atoms with Gasteiger partial charge < -0.3 is 14.4 Å². The van der Waals surface area contributed by atoms with Crippen molar-refractivity contribution in [1.82, 2.24) is 4.90 Å². The third kappa shape index (κ3) is 3.55. The lowest BCUT2D eigenvalue weighted by atomic mass is 9.68. The van der Waals surface area contributed by atoms with Gasteiger partial charge in [-0.3, -0.25) is 4.79 Å². The average molecular weight is 311 g/mol. The maximum absolute atomic E-state index is 12.4. The van der Waals surface area contributed by atoms with Crippen molar-refractivity contribution in [1.29, 1.82) is 0 Å². The largest absolute Gasteiger partial charge is 0.469 e. The molecule has 0 radical (unpaired) electrons. The number of methoxy groups -OCH3 is 1. The van der Waals surface area contributed by atoms with Gasteiger partial charge in [0.1, 0.15) is 5.60 Å². The molecule has 2 rings (SSSR count). The third-order valence-corrected chi connectivity index (χ3v) is 5.04. The Balaban J connectivity index is 2.03. The van der Waals surface area contributed by atoms with Crippen LogP contribution in [0.5, 0.6) is 0 Å². The standard InChI is InChI=1S/C17H29NO4/c1-16(2,3)22-15(20)18-11-9-17(10-12-18,14(19)21-4)13-7-5-6-8-13/h13H,5-12H2,1-4H3. The molecular formula is C17H29NO4. The molecular weight excluding hydrogens is 282 g/mol. The van der Waals surface area contributed by atoms with Crippen molar-refractivity contribution in [2.24, 2.45) is 11.3 Å². The van der Waals surface area contributed by atoms with Crippen LogP contribution < -0.4 is 0 Å². The van der Waals surface area contributed by atoms with Crippen LogP contribution in [0.4, 0.5) is 4.79 Å². The monoisotopic (exact) mass is 311 g/mol. The van der Waals surface area contributed by atoms with Crippen molar-refractivity contribution in [3.63, 3.8) is 0 Å². The summed E-state index contributed by atoms with van der Waals surface area (Å²) in [7, 11) is 1.47. The van der Waals surface area contributed by atoms with Crippen LogP contribution in [-0.4, -0.2) is 42.8 Å². The Morgan fingerprint density at radius 3 is 2.09 bits per heavy atom. The molecule has 1 aliphatic carbocycles. The molecule has 1 amide bonds. The Bertz CT molecular complexity index is 413. The summed E-state index contributed by atoms with van der Waals surface area (Å²) >= 11 is 0. The molecule has 0 N–H and O–H groups in total. The van der Waals surface area contributed by atoms with E-state index in [0.717, 1.165) is 12.8 Å². The first-order valence-corrected chi connectivity index (χ1v) is 8.35. The van der Waals surface area contributed by atoms with Crippen molar-refractivity contribution in [3.05, 3.63) is 0 Å².